The Labute approximate surface area is 195 Å². The molecular formula is C22H42IN5O. The summed E-state index contributed by atoms with van der Waals surface area (Å²) in [4.78, 5) is 7.22. The first-order valence-electron chi connectivity index (χ1n) is 10.7. The summed E-state index contributed by atoms with van der Waals surface area (Å²) in [5.74, 6) is 0.889. The van der Waals surface area contributed by atoms with Gasteiger partial charge < -0.3 is 25.6 Å². The molecular weight excluding hydrogens is 477 g/mol. The van der Waals surface area contributed by atoms with E-state index in [2.05, 4.69) is 72.8 Å². The summed E-state index contributed by atoms with van der Waals surface area (Å²) in [5.41, 5.74) is 2.31. The fourth-order valence-corrected chi connectivity index (χ4v) is 2.98. The van der Waals surface area contributed by atoms with Crippen molar-refractivity contribution in [2.45, 2.75) is 53.1 Å². The molecule has 29 heavy (non-hydrogen) atoms. The quantitative estimate of drug-likeness (QED) is 0.151. The number of anilines is 1. The van der Waals surface area contributed by atoms with Gasteiger partial charge in [0.1, 0.15) is 0 Å². The Hall–Kier alpha value is -1.06. The first-order chi connectivity index (χ1) is 13.6. The number of guanidine groups is 1. The smallest absolute Gasteiger partial charge is 0.191 e. The Bertz CT molecular complexity index is 535. The Morgan fingerprint density at radius 2 is 1.83 bits per heavy atom. The van der Waals surface area contributed by atoms with E-state index in [0.717, 1.165) is 50.8 Å². The third kappa shape index (κ3) is 13.0. The molecule has 0 aliphatic heterocycles. The first kappa shape index (κ1) is 27.9. The molecule has 168 valence electrons. The molecule has 1 aromatic rings. The summed E-state index contributed by atoms with van der Waals surface area (Å²) in [5, 5.41) is 10.2. The second-order valence-corrected chi connectivity index (χ2v) is 7.03. The predicted molar refractivity (Wildman–Crippen MR) is 137 cm³/mol. The van der Waals surface area contributed by atoms with Crippen molar-refractivity contribution in [3.05, 3.63) is 29.8 Å². The van der Waals surface area contributed by atoms with Gasteiger partial charge in [-0.3, -0.25) is 0 Å². The van der Waals surface area contributed by atoms with Crippen LogP contribution in [0.3, 0.4) is 0 Å². The Kier molecular flexibility index (Phi) is 17.1. The molecule has 1 rings (SSSR count). The van der Waals surface area contributed by atoms with Gasteiger partial charge in [-0.25, -0.2) is 4.99 Å². The number of rotatable bonds is 14. The number of hydrogen-bond donors (Lipinski definition) is 3. The van der Waals surface area contributed by atoms with Crippen LogP contribution in [0.25, 0.3) is 0 Å². The minimum absolute atomic E-state index is 0. The van der Waals surface area contributed by atoms with Gasteiger partial charge in [-0.1, -0.05) is 26.0 Å². The Morgan fingerprint density at radius 1 is 1.14 bits per heavy atom. The van der Waals surface area contributed by atoms with Gasteiger partial charge in [0, 0.05) is 31.9 Å². The summed E-state index contributed by atoms with van der Waals surface area (Å²) in [6.45, 7) is 15.3. The van der Waals surface area contributed by atoms with Crippen LogP contribution in [0.1, 0.15) is 46.1 Å². The zero-order chi connectivity index (χ0) is 20.6. The van der Waals surface area contributed by atoms with Gasteiger partial charge in [-0.2, -0.15) is 0 Å². The summed E-state index contributed by atoms with van der Waals surface area (Å²) in [6, 6.07) is 8.83. The van der Waals surface area contributed by atoms with Gasteiger partial charge >= 0.3 is 0 Å². The zero-order valence-corrected chi connectivity index (χ0v) is 21.3. The van der Waals surface area contributed by atoms with Crippen LogP contribution in [0.4, 0.5) is 5.69 Å². The maximum absolute atomic E-state index is 5.06. The molecule has 7 heteroatoms. The molecule has 0 aliphatic rings. The molecule has 0 bridgehead atoms. The maximum atomic E-state index is 5.06. The van der Waals surface area contributed by atoms with Crippen LogP contribution in [-0.4, -0.2) is 63.3 Å². The van der Waals surface area contributed by atoms with Crippen molar-refractivity contribution in [1.29, 1.82) is 0 Å². The zero-order valence-electron chi connectivity index (χ0n) is 19.0. The van der Waals surface area contributed by atoms with Gasteiger partial charge in [-0.05, 0) is 64.0 Å². The van der Waals surface area contributed by atoms with Crippen molar-refractivity contribution in [3.63, 3.8) is 0 Å². The normalized spacial score (nSPS) is 12.4. The third-order valence-corrected chi connectivity index (χ3v) is 4.74. The van der Waals surface area contributed by atoms with E-state index in [1.165, 1.54) is 12.0 Å². The molecule has 0 saturated heterocycles. The van der Waals surface area contributed by atoms with Crippen molar-refractivity contribution in [3.8, 4) is 0 Å². The van der Waals surface area contributed by atoms with Gasteiger partial charge in [0.2, 0.25) is 0 Å². The highest BCUT2D eigenvalue weighted by atomic mass is 127. The lowest BCUT2D eigenvalue weighted by atomic mass is 10.2. The van der Waals surface area contributed by atoms with Crippen LogP contribution in [-0.2, 0) is 11.3 Å². The highest BCUT2D eigenvalue weighted by Crippen LogP contribution is 2.10. The van der Waals surface area contributed by atoms with Crippen molar-refractivity contribution in [1.82, 2.24) is 15.5 Å². The fourth-order valence-electron chi connectivity index (χ4n) is 2.98. The van der Waals surface area contributed by atoms with Crippen LogP contribution < -0.4 is 16.0 Å². The number of nitrogens with one attached hydrogen (secondary N) is 3. The monoisotopic (exact) mass is 519 g/mol. The number of aliphatic imine (C=N–C) groups is 1. The van der Waals surface area contributed by atoms with Crippen molar-refractivity contribution < 1.29 is 4.74 Å². The fraction of sp³-hybridized carbons (Fsp3) is 0.682. The largest absolute Gasteiger partial charge is 0.383 e. The van der Waals surface area contributed by atoms with Crippen LogP contribution in [0.2, 0.25) is 0 Å². The number of nitrogens with zero attached hydrogens (tertiary/aromatic N) is 2. The standard InChI is InChI=1S/C22H41N5O.HI/c1-6-23-22(26-19(4)10-9-16-27(7-2)8-3)25-18-20-11-13-21(14-12-20)24-15-17-28-5;/h11-14,19,24H,6-10,15-18H2,1-5H3,(H2,23,25,26);1H. The summed E-state index contributed by atoms with van der Waals surface area (Å²) < 4.78 is 5.06. The Balaban J connectivity index is 0.00000784. The topological polar surface area (TPSA) is 60.9 Å². The maximum Gasteiger partial charge on any atom is 0.191 e. The molecule has 0 spiro atoms. The molecule has 0 amide bonds. The van der Waals surface area contributed by atoms with Crippen molar-refractivity contribution >= 4 is 35.6 Å². The van der Waals surface area contributed by atoms with E-state index < -0.39 is 0 Å². The molecule has 0 radical (unpaired) electrons. The number of benzene rings is 1. The van der Waals surface area contributed by atoms with Crippen molar-refractivity contribution in [2.24, 2.45) is 4.99 Å². The predicted octanol–water partition coefficient (Wildman–Crippen LogP) is 3.93. The third-order valence-electron chi connectivity index (χ3n) is 4.74. The lowest BCUT2D eigenvalue weighted by Gasteiger charge is -2.21. The number of ether oxygens (including phenoxy) is 1. The average Bonchev–Trinajstić information content (AvgIpc) is 2.71. The first-order valence-corrected chi connectivity index (χ1v) is 10.7. The number of hydrogen-bond acceptors (Lipinski definition) is 4. The molecule has 1 aromatic carbocycles. The van der Waals surface area contributed by atoms with Gasteiger partial charge in [0.25, 0.3) is 0 Å². The lowest BCUT2D eigenvalue weighted by molar-refractivity contribution is 0.211. The van der Waals surface area contributed by atoms with E-state index >= 15 is 0 Å². The van der Waals surface area contributed by atoms with E-state index in [9.17, 15) is 0 Å². The van der Waals surface area contributed by atoms with E-state index in [-0.39, 0.29) is 24.0 Å². The van der Waals surface area contributed by atoms with Gasteiger partial charge in [0.05, 0.1) is 13.2 Å². The molecule has 0 fully saturated rings. The SMILES string of the molecule is CCNC(=NCc1ccc(NCCOC)cc1)NC(C)CCCN(CC)CC.I. The van der Waals surface area contributed by atoms with Gasteiger partial charge in [-0.15, -0.1) is 24.0 Å². The van der Waals surface area contributed by atoms with Crippen LogP contribution >= 0.6 is 24.0 Å². The average molecular weight is 520 g/mol. The van der Waals surface area contributed by atoms with E-state index in [1.54, 1.807) is 7.11 Å². The van der Waals surface area contributed by atoms with Crippen LogP contribution in [0, 0.1) is 0 Å². The highest BCUT2D eigenvalue weighted by molar-refractivity contribution is 14.0. The minimum Gasteiger partial charge on any atom is -0.383 e. The summed E-state index contributed by atoms with van der Waals surface area (Å²) >= 11 is 0. The molecule has 0 aliphatic carbocycles. The Morgan fingerprint density at radius 3 is 2.41 bits per heavy atom. The number of methoxy groups -OCH3 is 1. The molecule has 0 saturated carbocycles. The van der Waals surface area contributed by atoms with Gasteiger partial charge in [0.15, 0.2) is 5.96 Å². The minimum atomic E-state index is 0. The van der Waals surface area contributed by atoms with E-state index in [0.29, 0.717) is 19.2 Å². The molecule has 1 unspecified atom stereocenters. The molecule has 1 atom stereocenters. The number of halogens is 1. The van der Waals surface area contributed by atoms with Crippen molar-refractivity contribution in [2.75, 3.05) is 51.8 Å². The highest BCUT2D eigenvalue weighted by Gasteiger charge is 2.06. The summed E-state index contributed by atoms with van der Waals surface area (Å²) in [7, 11) is 1.71. The van der Waals surface area contributed by atoms with E-state index in [1.807, 2.05) is 0 Å². The molecule has 0 heterocycles. The van der Waals surface area contributed by atoms with E-state index in [4.69, 9.17) is 9.73 Å². The van der Waals surface area contributed by atoms with Crippen LogP contribution in [0.5, 0.6) is 0 Å². The molecule has 3 N–H and O–H groups in total. The summed E-state index contributed by atoms with van der Waals surface area (Å²) in [6.07, 6.45) is 2.34. The second-order valence-electron chi connectivity index (χ2n) is 7.03. The molecule has 0 aromatic heterocycles. The lowest BCUT2D eigenvalue weighted by Crippen LogP contribution is -2.42. The second kappa shape index (κ2) is 17.8. The van der Waals surface area contributed by atoms with Crippen LogP contribution in [0.15, 0.2) is 29.3 Å². The molecule has 6 nitrogen and oxygen atoms in total.